The van der Waals surface area contributed by atoms with Gasteiger partial charge < -0.3 is 10.6 Å². The van der Waals surface area contributed by atoms with Gasteiger partial charge in [0.05, 0.1) is 17.3 Å². The van der Waals surface area contributed by atoms with Crippen LogP contribution < -0.4 is 5.73 Å². The number of nitrogens with two attached hydrogens (primary N) is 1. The maximum Gasteiger partial charge on any atom is 0.257 e. The summed E-state index contributed by atoms with van der Waals surface area (Å²) in [6, 6.07) is 5.91. The molecule has 1 aliphatic rings. The van der Waals surface area contributed by atoms with Crippen molar-refractivity contribution in [3.63, 3.8) is 0 Å². The standard InChI is InChI=1S/C14H18N4O/c15-9-11-5-1-3-7-17(11)14(19)12-10-16-18-8-4-2-6-13(12)18/h2,4,6,8,10-11H,1,3,5,7,9,15H2. The number of carbonyl (C=O) groups is 1. The van der Waals surface area contributed by atoms with Crippen LogP contribution in [0.15, 0.2) is 30.6 Å². The fraction of sp³-hybridized carbons (Fsp3) is 0.429. The minimum atomic E-state index is 0.0522. The molecule has 3 rings (SSSR count). The second-order valence-electron chi connectivity index (χ2n) is 4.97. The molecule has 0 spiro atoms. The topological polar surface area (TPSA) is 63.6 Å². The number of fused-ring (bicyclic) bond motifs is 1. The first-order valence-electron chi connectivity index (χ1n) is 6.74. The zero-order valence-electron chi connectivity index (χ0n) is 10.8. The number of carbonyl (C=O) groups excluding carboxylic acids is 1. The number of pyridine rings is 1. The SMILES string of the molecule is NCC1CCCCN1C(=O)c1cnn2ccccc12. The highest BCUT2D eigenvalue weighted by Gasteiger charge is 2.28. The molecule has 19 heavy (non-hydrogen) atoms. The lowest BCUT2D eigenvalue weighted by molar-refractivity contribution is 0.0625. The molecule has 1 aliphatic heterocycles. The quantitative estimate of drug-likeness (QED) is 0.882. The van der Waals surface area contributed by atoms with Gasteiger partial charge in [-0.05, 0) is 31.4 Å². The summed E-state index contributed by atoms with van der Waals surface area (Å²) in [5, 5.41) is 4.22. The van der Waals surface area contributed by atoms with Gasteiger partial charge in [-0.3, -0.25) is 4.79 Å². The van der Waals surface area contributed by atoms with Gasteiger partial charge in [0.15, 0.2) is 0 Å². The molecule has 3 heterocycles. The molecule has 1 atom stereocenters. The predicted octanol–water partition coefficient (Wildman–Crippen LogP) is 1.29. The molecule has 1 saturated heterocycles. The number of piperidine rings is 1. The number of likely N-dealkylation sites (tertiary alicyclic amines) is 1. The van der Waals surface area contributed by atoms with Crippen LogP contribution in [-0.4, -0.2) is 39.6 Å². The van der Waals surface area contributed by atoms with Crippen LogP contribution in [0.5, 0.6) is 0 Å². The first kappa shape index (κ1) is 12.2. The van der Waals surface area contributed by atoms with Crippen LogP contribution >= 0.6 is 0 Å². The molecule has 1 amide bonds. The molecule has 2 aromatic rings. The normalized spacial score (nSPS) is 19.8. The Kier molecular flexibility index (Phi) is 3.21. The lowest BCUT2D eigenvalue weighted by atomic mass is 10.0. The van der Waals surface area contributed by atoms with Crippen LogP contribution in [0.25, 0.3) is 5.52 Å². The molecule has 0 aliphatic carbocycles. The Hall–Kier alpha value is -1.88. The highest BCUT2D eigenvalue weighted by Crippen LogP contribution is 2.21. The van der Waals surface area contributed by atoms with E-state index in [9.17, 15) is 4.79 Å². The summed E-state index contributed by atoms with van der Waals surface area (Å²) in [4.78, 5) is 14.6. The lowest BCUT2D eigenvalue weighted by Gasteiger charge is -2.34. The van der Waals surface area contributed by atoms with Gasteiger partial charge in [-0.15, -0.1) is 0 Å². The Bertz CT molecular complexity index is 592. The Morgan fingerprint density at radius 2 is 2.32 bits per heavy atom. The number of aromatic nitrogens is 2. The summed E-state index contributed by atoms with van der Waals surface area (Å²) >= 11 is 0. The Morgan fingerprint density at radius 3 is 3.16 bits per heavy atom. The second-order valence-corrected chi connectivity index (χ2v) is 4.97. The van der Waals surface area contributed by atoms with Crippen LogP contribution in [0.1, 0.15) is 29.6 Å². The Balaban J connectivity index is 1.94. The second kappa shape index (κ2) is 5.01. The van der Waals surface area contributed by atoms with Crippen molar-refractivity contribution < 1.29 is 4.79 Å². The molecule has 1 unspecified atom stereocenters. The molecular weight excluding hydrogens is 240 g/mol. The van der Waals surface area contributed by atoms with Crippen LogP contribution in [-0.2, 0) is 0 Å². The minimum Gasteiger partial charge on any atom is -0.334 e. The third-order valence-corrected chi connectivity index (χ3v) is 3.82. The maximum absolute atomic E-state index is 12.7. The summed E-state index contributed by atoms with van der Waals surface area (Å²) < 4.78 is 1.73. The first-order valence-corrected chi connectivity index (χ1v) is 6.74. The van der Waals surface area contributed by atoms with E-state index in [-0.39, 0.29) is 11.9 Å². The van der Waals surface area contributed by atoms with E-state index in [1.807, 2.05) is 29.3 Å². The van der Waals surface area contributed by atoms with E-state index in [1.165, 1.54) is 0 Å². The maximum atomic E-state index is 12.7. The number of amides is 1. The summed E-state index contributed by atoms with van der Waals surface area (Å²) in [6.45, 7) is 1.33. The minimum absolute atomic E-state index is 0.0522. The van der Waals surface area contributed by atoms with E-state index >= 15 is 0 Å². The molecule has 5 heteroatoms. The van der Waals surface area contributed by atoms with E-state index < -0.39 is 0 Å². The van der Waals surface area contributed by atoms with Gasteiger partial charge in [-0.2, -0.15) is 5.10 Å². The zero-order valence-corrected chi connectivity index (χ0v) is 10.8. The third-order valence-electron chi connectivity index (χ3n) is 3.82. The van der Waals surface area contributed by atoms with Crippen molar-refractivity contribution >= 4 is 11.4 Å². The molecule has 0 saturated carbocycles. The molecule has 0 aromatic carbocycles. The van der Waals surface area contributed by atoms with Gasteiger partial charge in [-0.1, -0.05) is 6.07 Å². The molecule has 100 valence electrons. The van der Waals surface area contributed by atoms with Crippen molar-refractivity contribution in [3.8, 4) is 0 Å². The van der Waals surface area contributed by atoms with Gasteiger partial charge in [0, 0.05) is 25.3 Å². The van der Waals surface area contributed by atoms with E-state index in [0.29, 0.717) is 12.1 Å². The van der Waals surface area contributed by atoms with Gasteiger partial charge in [-0.25, -0.2) is 4.52 Å². The molecule has 1 fully saturated rings. The average Bonchev–Trinajstić information content (AvgIpc) is 2.90. The monoisotopic (exact) mass is 258 g/mol. The summed E-state index contributed by atoms with van der Waals surface area (Å²) in [5.74, 6) is 0.0522. The number of hydrogen-bond acceptors (Lipinski definition) is 3. The van der Waals surface area contributed by atoms with Crippen molar-refractivity contribution in [3.05, 3.63) is 36.2 Å². The molecule has 2 N–H and O–H groups in total. The van der Waals surface area contributed by atoms with E-state index in [4.69, 9.17) is 5.73 Å². The molecule has 0 bridgehead atoms. The average molecular weight is 258 g/mol. The van der Waals surface area contributed by atoms with Crippen molar-refractivity contribution in [1.29, 1.82) is 0 Å². The highest BCUT2D eigenvalue weighted by molar-refractivity contribution is 6.00. The lowest BCUT2D eigenvalue weighted by Crippen LogP contribution is -2.47. The van der Waals surface area contributed by atoms with Gasteiger partial charge >= 0.3 is 0 Å². The van der Waals surface area contributed by atoms with Gasteiger partial charge in [0.1, 0.15) is 0 Å². The molecule has 2 aromatic heterocycles. The fourth-order valence-corrected chi connectivity index (χ4v) is 2.77. The van der Waals surface area contributed by atoms with Crippen LogP contribution in [0, 0.1) is 0 Å². The molecular formula is C14H18N4O. The predicted molar refractivity (Wildman–Crippen MR) is 72.9 cm³/mol. The molecule has 0 radical (unpaired) electrons. The largest absolute Gasteiger partial charge is 0.334 e. The zero-order chi connectivity index (χ0) is 13.2. The van der Waals surface area contributed by atoms with Crippen molar-refractivity contribution in [2.75, 3.05) is 13.1 Å². The van der Waals surface area contributed by atoms with E-state index in [0.717, 1.165) is 31.3 Å². The number of rotatable bonds is 2. The highest BCUT2D eigenvalue weighted by atomic mass is 16.2. The first-order chi connectivity index (χ1) is 9.31. The molecule has 5 nitrogen and oxygen atoms in total. The third kappa shape index (κ3) is 2.10. The van der Waals surface area contributed by atoms with Crippen LogP contribution in [0.2, 0.25) is 0 Å². The van der Waals surface area contributed by atoms with E-state index in [2.05, 4.69) is 5.10 Å². The van der Waals surface area contributed by atoms with Crippen LogP contribution in [0.3, 0.4) is 0 Å². The van der Waals surface area contributed by atoms with Gasteiger partial charge in [0.2, 0.25) is 0 Å². The van der Waals surface area contributed by atoms with E-state index in [1.54, 1.807) is 10.7 Å². The summed E-state index contributed by atoms with van der Waals surface area (Å²) in [6.07, 6.45) is 6.71. The number of hydrogen-bond donors (Lipinski definition) is 1. The van der Waals surface area contributed by atoms with Crippen molar-refractivity contribution in [1.82, 2.24) is 14.5 Å². The Labute approximate surface area is 112 Å². The van der Waals surface area contributed by atoms with Gasteiger partial charge in [0.25, 0.3) is 5.91 Å². The fourth-order valence-electron chi connectivity index (χ4n) is 2.77. The van der Waals surface area contributed by atoms with Crippen molar-refractivity contribution in [2.45, 2.75) is 25.3 Å². The number of nitrogens with zero attached hydrogens (tertiary/aromatic N) is 3. The summed E-state index contributed by atoms with van der Waals surface area (Å²) in [7, 11) is 0. The smallest absolute Gasteiger partial charge is 0.257 e. The van der Waals surface area contributed by atoms with Crippen LogP contribution in [0.4, 0.5) is 0 Å². The van der Waals surface area contributed by atoms with Crippen molar-refractivity contribution in [2.24, 2.45) is 5.73 Å². The summed E-state index contributed by atoms with van der Waals surface area (Å²) in [5.41, 5.74) is 7.31. The Morgan fingerprint density at radius 1 is 1.42 bits per heavy atom.